The van der Waals surface area contributed by atoms with Gasteiger partial charge in [0.15, 0.2) is 0 Å². The summed E-state index contributed by atoms with van der Waals surface area (Å²) < 4.78 is 44.3. The van der Waals surface area contributed by atoms with Gasteiger partial charge in [-0.25, -0.2) is 9.30 Å². The van der Waals surface area contributed by atoms with E-state index in [4.69, 9.17) is 11.6 Å². The zero-order valence-electron chi connectivity index (χ0n) is 20.8. The maximum absolute atomic E-state index is 13.0. The molecule has 2 atom stereocenters. The minimum Gasteiger partial charge on any atom is -0.353 e. The molecule has 0 aliphatic carbocycles. The number of hydrogen-bond acceptors (Lipinski definition) is 8. The quantitative estimate of drug-likeness (QED) is 0.460. The number of piperazine rings is 1. The molecule has 0 aromatic heterocycles. The molecule has 1 aromatic rings. The number of carbonyl (C=O) groups is 1. The van der Waals surface area contributed by atoms with Gasteiger partial charge in [-0.05, 0) is 30.5 Å². The Balaban J connectivity index is 1.12. The van der Waals surface area contributed by atoms with Crippen LogP contribution in [0.5, 0.6) is 0 Å². The van der Waals surface area contributed by atoms with Crippen LogP contribution >= 0.6 is 35.5 Å². The number of halogens is 4. The minimum atomic E-state index is -4.22. The van der Waals surface area contributed by atoms with Crippen molar-refractivity contribution in [2.45, 2.75) is 48.9 Å². The zero-order chi connectivity index (χ0) is 26.7. The number of aliphatic imine (C=N–C) groups is 2. The van der Waals surface area contributed by atoms with Gasteiger partial charge in [0.05, 0.1) is 12.8 Å². The highest BCUT2D eigenvalue weighted by atomic mass is 35.5. The normalized spacial score (nSPS) is 24.2. The van der Waals surface area contributed by atoms with E-state index in [1.807, 2.05) is 28.0 Å². The SMILES string of the molecule is O=C(Cc1ccc(NSN2CCCCC2)cc1Cl)N1CCN(C2=NC=NC3SC(CC(F)(F)F)C=C23)CC1. The summed E-state index contributed by atoms with van der Waals surface area (Å²) in [6, 6.07) is 5.70. The number of amidine groups is 1. The van der Waals surface area contributed by atoms with E-state index in [0.717, 1.165) is 29.9 Å². The summed E-state index contributed by atoms with van der Waals surface area (Å²) in [6.07, 6.45) is 1.92. The Bertz CT molecular complexity index is 1120. The van der Waals surface area contributed by atoms with Crippen molar-refractivity contribution in [1.29, 1.82) is 0 Å². The molecule has 4 aliphatic rings. The van der Waals surface area contributed by atoms with Crippen LogP contribution in [0.1, 0.15) is 31.2 Å². The molecule has 4 aliphatic heterocycles. The fraction of sp³-hybridized carbons (Fsp3) is 0.560. The lowest BCUT2D eigenvalue weighted by molar-refractivity contribution is -0.132. The van der Waals surface area contributed by atoms with Crippen molar-refractivity contribution in [2.24, 2.45) is 9.98 Å². The van der Waals surface area contributed by atoms with Crippen LogP contribution in [-0.4, -0.2) is 88.3 Å². The molecule has 0 bridgehead atoms. The number of piperidine rings is 1. The number of nitrogens with one attached hydrogen (secondary N) is 1. The molecule has 1 N–H and O–H groups in total. The van der Waals surface area contributed by atoms with Crippen LogP contribution in [0.3, 0.4) is 0 Å². The van der Waals surface area contributed by atoms with E-state index in [9.17, 15) is 18.0 Å². The van der Waals surface area contributed by atoms with Gasteiger partial charge in [-0.1, -0.05) is 30.2 Å². The molecule has 0 radical (unpaired) electrons. The van der Waals surface area contributed by atoms with E-state index in [0.29, 0.717) is 37.0 Å². The molecule has 1 aromatic carbocycles. The Morgan fingerprint density at radius 2 is 1.89 bits per heavy atom. The molecule has 206 valence electrons. The number of amides is 1. The van der Waals surface area contributed by atoms with Gasteiger partial charge in [0.1, 0.15) is 17.5 Å². The van der Waals surface area contributed by atoms with Gasteiger partial charge in [-0.3, -0.25) is 9.79 Å². The summed E-state index contributed by atoms with van der Waals surface area (Å²) in [5.74, 6) is 0.670. The number of carbonyl (C=O) groups excluding carboxylic acids is 1. The Morgan fingerprint density at radius 1 is 1.13 bits per heavy atom. The minimum absolute atomic E-state index is 0.000789. The summed E-state index contributed by atoms with van der Waals surface area (Å²) in [5.41, 5.74) is 2.43. The number of thioether (sulfide) groups is 1. The van der Waals surface area contributed by atoms with Crippen molar-refractivity contribution >= 4 is 59.3 Å². The molecule has 0 spiro atoms. The second-order valence-electron chi connectivity index (χ2n) is 9.72. The molecular weight excluding hydrogens is 557 g/mol. The first-order chi connectivity index (χ1) is 18.2. The van der Waals surface area contributed by atoms with Crippen LogP contribution < -0.4 is 4.72 Å². The predicted molar refractivity (Wildman–Crippen MR) is 150 cm³/mol. The zero-order valence-corrected chi connectivity index (χ0v) is 23.2. The molecule has 13 heteroatoms. The van der Waals surface area contributed by atoms with Crippen molar-refractivity contribution in [3.8, 4) is 0 Å². The third-order valence-corrected chi connectivity index (χ3v) is 9.53. The number of fused-ring (bicyclic) bond motifs is 1. The standard InChI is InChI=1S/C25H30ClF3N6OS2/c26-21-13-18(32-38-35-6-2-1-3-7-35)5-4-17(21)12-22(36)33-8-10-34(11-9-33)23-20-14-19(15-25(27,28)29)37-24(20)31-16-30-23/h4-5,13-14,16,19,24,32H,1-3,6-12,15H2. The molecule has 2 unspecified atom stereocenters. The summed E-state index contributed by atoms with van der Waals surface area (Å²) in [4.78, 5) is 25.5. The maximum Gasteiger partial charge on any atom is 0.390 e. The largest absolute Gasteiger partial charge is 0.390 e. The smallest absolute Gasteiger partial charge is 0.353 e. The molecule has 2 fully saturated rings. The van der Waals surface area contributed by atoms with E-state index in [2.05, 4.69) is 19.0 Å². The fourth-order valence-corrected chi connectivity index (χ4v) is 7.30. The van der Waals surface area contributed by atoms with E-state index < -0.39 is 17.8 Å². The van der Waals surface area contributed by atoms with Gasteiger partial charge in [0, 0.05) is 72.9 Å². The topological polar surface area (TPSA) is 63.5 Å². The summed E-state index contributed by atoms with van der Waals surface area (Å²) in [6.45, 7) is 4.28. The third-order valence-electron chi connectivity index (χ3n) is 6.94. The van der Waals surface area contributed by atoms with E-state index >= 15 is 0 Å². The lowest BCUT2D eigenvalue weighted by Gasteiger charge is -2.37. The number of anilines is 1. The highest BCUT2D eigenvalue weighted by Gasteiger charge is 2.40. The molecular formula is C25H30ClF3N6OS2. The predicted octanol–water partition coefficient (Wildman–Crippen LogP) is 5.25. The van der Waals surface area contributed by atoms with Crippen LogP contribution in [0, 0.1) is 0 Å². The summed E-state index contributed by atoms with van der Waals surface area (Å²) in [7, 11) is 0. The molecule has 4 heterocycles. The number of hydrogen-bond donors (Lipinski definition) is 1. The average Bonchev–Trinajstić information content (AvgIpc) is 3.30. The van der Waals surface area contributed by atoms with Crippen molar-refractivity contribution in [2.75, 3.05) is 44.0 Å². The lowest BCUT2D eigenvalue weighted by atomic mass is 10.1. The molecule has 38 heavy (non-hydrogen) atoms. The van der Waals surface area contributed by atoms with Crippen molar-refractivity contribution < 1.29 is 18.0 Å². The van der Waals surface area contributed by atoms with E-state index in [-0.39, 0.29) is 17.7 Å². The first-order valence-electron chi connectivity index (χ1n) is 12.8. The van der Waals surface area contributed by atoms with Crippen molar-refractivity contribution in [3.05, 3.63) is 40.4 Å². The first kappa shape index (κ1) is 27.7. The third kappa shape index (κ3) is 7.00. The van der Waals surface area contributed by atoms with Gasteiger partial charge >= 0.3 is 6.18 Å². The Morgan fingerprint density at radius 3 is 2.61 bits per heavy atom. The molecule has 5 rings (SSSR count). The Labute approximate surface area is 234 Å². The molecule has 2 saturated heterocycles. The van der Waals surface area contributed by atoms with Gasteiger partial charge in [0.25, 0.3) is 0 Å². The number of alkyl halides is 3. The number of nitrogens with zero attached hydrogens (tertiary/aromatic N) is 5. The van der Waals surface area contributed by atoms with E-state index in [1.54, 1.807) is 18.2 Å². The fourth-order valence-electron chi connectivity index (χ4n) is 4.95. The van der Waals surface area contributed by atoms with Crippen molar-refractivity contribution in [1.82, 2.24) is 14.1 Å². The Kier molecular flexibility index (Phi) is 8.81. The van der Waals surface area contributed by atoms with Gasteiger partial charge < -0.3 is 14.5 Å². The average molecular weight is 587 g/mol. The second-order valence-corrected chi connectivity index (χ2v) is 12.4. The van der Waals surface area contributed by atoms with Gasteiger partial charge in [-0.15, -0.1) is 11.8 Å². The highest BCUT2D eigenvalue weighted by Crippen LogP contribution is 2.41. The first-order valence-corrected chi connectivity index (χ1v) is 14.9. The number of rotatable bonds is 6. The van der Waals surface area contributed by atoms with Gasteiger partial charge in [0.2, 0.25) is 5.91 Å². The van der Waals surface area contributed by atoms with Crippen LogP contribution in [-0.2, 0) is 11.2 Å². The Hall–Kier alpha value is -1.89. The van der Waals surface area contributed by atoms with Gasteiger partial charge in [-0.2, -0.15) is 13.2 Å². The van der Waals surface area contributed by atoms with Crippen LogP contribution in [0.2, 0.25) is 5.02 Å². The van der Waals surface area contributed by atoms with Crippen LogP contribution in [0.4, 0.5) is 18.9 Å². The highest BCUT2D eigenvalue weighted by molar-refractivity contribution is 8.01. The van der Waals surface area contributed by atoms with Crippen LogP contribution in [0.25, 0.3) is 0 Å². The summed E-state index contributed by atoms with van der Waals surface area (Å²) in [5, 5.41) is -0.456. The summed E-state index contributed by atoms with van der Waals surface area (Å²) >= 11 is 9.31. The van der Waals surface area contributed by atoms with Crippen molar-refractivity contribution in [3.63, 3.8) is 0 Å². The second kappa shape index (κ2) is 12.1. The van der Waals surface area contributed by atoms with E-state index in [1.165, 1.54) is 37.4 Å². The molecule has 1 amide bonds. The lowest BCUT2D eigenvalue weighted by Crippen LogP contribution is -2.52. The van der Waals surface area contributed by atoms with Crippen LogP contribution in [0.15, 0.2) is 39.8 Å². The maximum atomic E-state index is 13.0. The monoisotopic (exact) mass is 586 g/mol. The number of benzene rings is 1. The molecule has 0 saturated carbocycles. The molecule has 7 nitrogen and oxygen atoms in total.